The van der Waals surface area contributed by atoms with E-state index in [2.05, 4.69) is 50.9 Å². The molecule has 0 unspecified atom stereocenters. The molecular weight excluding hydrogens is 290 g/mol. The molecular formula is C19H21NTi. The van der Waals surface area contributed by atoms with Crippen molar-refractivity contribution in [3.8, 4) is 0 Å². The van der Waals surface area contributed by atoms with Crippen LogP contribution in [-0.4, -0.2) is 4.98 Å². The summed E-state index contributed by atoms with van der Waals surface area (Å²) < 4.78 is 0. The summed E-state index contributed by atoms with van der Waals surface area (Å²) in [7, 11) is 0. The SMILES string of the molecule is Cc1[cH-]c(C)c(C)c1C.Cc1ccc2ccc[c-]c2n1.[Ti+2]. The zero-order valence-electron chi connectivity index (χ0n) is 13.4. The molecule has 0 bridgehead atoms. The topological polar surface area (TPSA) is 12.9 Å². The summed E-state index contributed by atoms with van der Waals surface area (Å²) in [6.07, 6.45) is 0. The van der Waals surface area contributed by atoms with Gasteiger partial charge in [-0.3, -0.25) is 4.98 Å². The predicted octanol–water partition coefficient (Wildman–Crippen LogP) is 4.98. The van der Waals surface area contributed by atoms with Crippen molar-refractivity contribution in [1.29, 1.82) is 0 Å². The van der Waals surface area contributed by atoms with E-state index in [1.165, 1.54) is 22.3 Å². The van der Waals surface area contributed by atoms with E-state index in [0.717, 1.165) is 16.6 Å². The van der Waals surface area contributed by atoms with E-state index < -0.39 is 0 Å². The van der Waals surface area contributed by atoms with Crippen LogP contribution in [0.15, 0.2) is 36.4 Å². The maximum Gasteiger partial charge on any atom is 2.00 e. The van der Waals surface area contributed by atoms with Gasteiger partial charge in [-0.15, -0.1) is 11.5 Å². The maximum atomic E-state index is 4.32. The Bertz CT molecular complexity index is 703. The minimum absolute atomic E-state index is 0. The van der Waals surface area contributed by atoms with Crippen molar-refractivity contribution in [1.82, 2.24) is 4.98 Å². The summed E-state index contributed by atoms with van der Waals surface area (Å²) in [5.41, 5.74) is 7.74. The largest absolute Gasteiger partial charge is 2.00 e. The average Bonchev–Trinajstić information content (AvgIpc) is 2.66. The van der Waals surface area contributed by atoms with Crippen LogP contribution >= 0.6 is 0 Å². The van der Waals surface area contributed by atoms with E-state index in [9.17, 15) is 0 Å². The zero-order valence-corrected chi connectivity index (χ0v) is 15.0. The quantitative estimate of drug-likeness (QED) is 0.421. The van der Waals surface area contributed by atoms with Gasteiger partial charge in [0.25, 0.3) is 0 Å². The third-order valence-corrected chi connectivity index (χ3v) is 3.84. The van der Waals surface area contributed by atoms with Crippen LogP contribution in [0.4, 0.5) is 0 Å². The molecule has 2 aromatic carbocycles. The minimum atomic E-state index is 0. The predicted molar refractivity (Wildman–Crippen MR) is 86.3 cm³/mol. The van der Waals surface area contributed by atoms with Crippen LogP contribution in [0.2, 0.25) is 0 Å². The van der Waals surface area contributed by atoms with Crippen molar-refractivity contribution < 1.29 is 21.7 Å². The van der Waals surface area contributed by atoms with Crippen molar-refractivity contribution in [3.05, 3.63) is 70.4 Å². The maximum absolute atomic E-state index is 4.32. The van der Waals surface area contributed by atoms with Crippen LogP contribution in [0.1, 0.15) is 27.9 Å². The average molecular weight is 311 g/mol. The fourth-order valence-corrected chi connectivity index (χ4v) is 2.23. The Morgan fingerprint density at radius 2 is 1.52 bits per heavy atom. The summed E-state index contributed by atoms with van der Waals surface area (Å²) in [5.74, 6) is 0. The fraction of sp³-hybridized carbons (Fsp3) is 0.263. The monoisotopic (exact) mass is 311 g/mol. The van der Waals surface area contributed by atoms with E-state index in [0.29, 0.717) is 0 Å². The van der Waals surface area contributed by atoms with Gasteiger partial charge >= 0.3 is 21.7 Å². The van der Waals surface area contributed by atoms with Crippen molar-refractivity contribution in [2.24, 2.45) is 0 Å². The Labute approximate surface area is 142 Å². The molecule has 21 heavy (non-hydrogen) atoms. The van der Waals surface area contributed by atoms with Gasteiger partial charge < -0.3 is 0 Å². The Kier molecular flexibility index (Phi) is 6.45. The first-order chi connectivity index (χ1) is 9.49. The van der Waals surface area contributed by atoms with Crippen LogP contribution in [0, 0.1) is 40.7 Å². The minimum Gasteiger partial charge on any atom is -0.280 e. The Balaban J connectivity index is 0.000000205. The molecule has 0 radical (unpaired) electrons. The molecule has 3 aromatic rings. The first kappa shape index (κ1) is 17.7. The molecule has 2 heteroatoms. The van der Waals surface area contributed by atoms with Gasteiger partial charge in [-0.2, -0.15) is 52.6 Å². The molecule has 1 aromatic heterocycles. The second-order valence-corrected chi connectivity index (χ2v) is 5.32. The van der Waals surface area contributed by atoms with Crippen molar-refractivity contribution in [2.45, 2.75) is 34.6 Å². The molecule has 0 amide bonds. The van der Waals surface area contributed by atoms with Crippen molar-refractivity contribution in [3.63, 3.8) is 0 Å². The van der Waals surface area contributed by atoms with E-state index in [1.807, 2.05) is 31.2 Å². The van der Waals surface area contributed by atoms with Gasteiger partial charge in [0.05, 0.1) is 0 Å². The third kappa shape index (κ3) is 4.33. The van der Waals surface area contributed by atoms with Gasteiger partial charge in [-0.05, 0) is 12.4 Å². The van der Waals surface area contributed by atoms with Crippen LogP contribution < -0.4 is 0 Å². The van der Waals surface area contributed by atoms with Gasteiger partial charge in [-0.25, -0.2) is 0 Å². The molecule has 0 aliphatic heterocycles. The molecule has 1 nitrogen and oxygen atoms in total. The van der Waals surface area contributed by atoms with Gasteiger partial charge in [0.2, 0.25) is 0 Å². The summed E-state index contributed by atoms with van der Waals surface area (Å²) in [6.45, 7) is 10.7. The molecule has 0 spiro atoms. The Morgan fingerprint density at radius 3 is 2.05 bits per heavy atom. The summed E-state index contributed by atoms with van der Waals surface area (Å²) in [6, 6.07) is 15.3. The number of nitrogens with zero attached hydrogens (tertiary/aromatic N) is 1. The van der Waals surface area contributed by atoms with Gasteiger partial charge in [0, 0.05) is 5.69 Å². The number of aryl methyl sites for hydroxylation is 3. The number of benzene rings is 1. The van der Waals surface area contributed by atoms with Gasteiger partial charge in [0.15, 0.2) is 0 Å². The number of pyridine rings is 1. The molecule has 106 valence electrons. The van der Waals surface area contributed by atoms with Gasteiger partial charge in [0.1, 0.15) is 0 Å². The molecule has 0 aliphatic rings. The molecule has 0 N–H and O–H groups in total. The number of hydrogen-bond acceptors (Lipinski definition) is 1. The van der Waals surface area contributed by atoms with Crippen LogP contribution in [0.3, 0.4) is 0 Å². The van der Waals surface area contributed by atoms with E-state index in [4.69, 9.17) is 0 Å². The molecule has 0 aliphatic carbocycles. The molecule has 0 atom stereocenters. The van der Waals surface area contributed by atoms with Crippen LogP contribution in [0.25, 0.3) is 10.9 Å². The Morgan fingerprint density at radius 1 is 0.905 bits per heavy atom. The van der Waals surface area contributed by atoms with Crippen LogP contribution in [-0.2, 0) is 21.7 Å². The molecule has 0 saturated carbocycles. The smallest absolute Gasteiger partial charge is 0.280 e. The molecule has 1 heterocycles. The second kappa shape index (κ2) is 7.63. The second-order valence-electron chi connectivity index (χ2n) is 5.32. The first-order valence-electron chi connectivity index (χ1n) is 6.93. The summed E-state index contributed by atoms with van der Waals surface area (Å²) >= 11 is 0. The first-order valence-corrected chi connectivity index (χ1v) is 6.93. The van der Waals surface area contributed by atoms with Crippen LogP contribution in [0.5, 0.6) is 0 Å². The fourth-order valence-electron chi connectivity index (χ4n) is 2.23. The summed E-state index contributed by atoms with van der Waals surface area (Å²) in [4.78, 5) is 4.32. The zero-order chi connectivity index (χ0) is 14.7. The summed E-state index contributed by atoms with van der Waals surface area (Å²) in [5, 5.41) is 1.15. The van der Waals surface area contributed by atoms with E-state index in [-0.39, 0.29) is 21.7 Å². The molecule has 0 fully saturated rings. The normalized spacial score (nSPS) is 9.76. The molecule has 0 saturated heterocycles. The third-order valence-electron chi connectivity index (χ3n) is 3.84. The Hall–Kier alpha value is -1.31. The number of hydrogen-bond donors (Lipinski definition) is 0. The van der Waals surface area contributed by atoms with Gasteiger partial charge in [-0.1, -0.05) is 33.8 Å². The molecule has 3 rings (SSSR count). The number of fused-ring (bicyclic) bond motifs is 1. The standard InChI is InChI=1S/C10H8N.C9H13.Ti/c1-8-6-7-9-4-2-3-5-10(9)11-8;1-6-5-7(2)9(4)8(6)3;/h2-4,6-7H,1H3;5H,1-4H3;/q2*-1;+2. The van der Waals surface area contributed by atoms with Crippen molar-refractivity contribution >= 4 is 10.9 Å². The van der Waals surface area contributed by atoms with E-state index >= 15 is 0 Å². The van der Waals surface area contributed by atoms with E-state index in [1.54, 1.807) is 0 Å². The number of para-hydroxylation sites is 1. The number of aromatic nitrogens is 1. The van der Waals surface area contributed by atoms with Crippen molar-refractivity contribution in [2.75, 3.05) is 0 Å². The number of rotatable bonds is 0.